The quantitative estimate of drug-likeness (QED) is 0.230. The predicted octanol–water partition coefficient (Wildman–Crippen LogP) is 5.41. The van der Waals surface area contributed by atoms with Crippen molar-refractivity contribution >= 4 is 5.97 Å². The van der Waals surface area contributed by atoms with E-state index in [1.165, 1.54) is 84.2 Å². The average molecular weight is 312 g/mol. The van der Waals surface area contributed by atoms with Crippen molar-refractivity contribution in [1.82, 2.24) is 0 Å². The topological polar surface area (TPSA) is 38.8 Å². The van der Waals surface area contributed by atoms with Crippen LogP contribution in [-0.4, -0.2) is 25.3 Å². The number of ether oxygens (including phenoxy) is 2. The lowest BCUT2D eigenvalue weighted by atomic mass is 10.0. The number of esters is 1. The van der Waals surface area contributed by atoms with Gasteiger partial charge in [-0.3, -0.25) is 4.79 Å². The number of carbonyl (C=O) groups excluding carboxylic acids is 1. The van der Waals surface area contributed by atoms with E-state index in [4.69, 9.17) is 4.74 Å². The van der Waals surface area contributed by atoms with Crippen molar-refractivity contribution in [2.75, 3.05) is 7.11 Å². The number of hydrogen-bond donors (Lipinski definition) is 0. The third kappa shape index (κ3) is 11.1. The summed E-state index contributed by atoms with van der Waals surface area (Å²) in [5.41, 5.74) is 0. The molecule has 1 heterocycles. The highest BCUT2D eigenvalue weighted by molar-refractivity contribution is 5.68. The number of methoxy groups -OCH3 is 1. The van der Waals surface area contributed by atoms with Crippen molar-refractivity contribution < 1.29 is 14.3 Å². The van der Waals surface area contributed by atoms with Crippen molar-refractivity contribution in [3.63, 3.8) is 0 Å². The predicted molar refractivity (Wildman–Crippen MR) is 91.0 cm³/mol. The first-order valence-corrected chi connectivity index (χ1v) is 9.46. The van der Waals surface area contributed by atoms with Gasteiger partial charge < -0.3 is 9.47 Å². The zero-order valence-electron chi connectivity index (χ0n) is 14.8. The van der Waals surface area contributed by atoms with Gasteiger partial charge in [0.2, 0.25) is 0 Å². The van der Waals surface area contributed by atoms with Gasteiger partial charge >= 0.3 is 5.97 Å². The van der Waals surface area contributed by atoms with Crippen LogP contribution in [0.2, 0.25) is 0 Å². The van der Waals surface area contributed by atoms with Crippen LogP contribution >= 0.6 is 0 Å². The Hall–Kier alpha value is -0.570. The molecular formula is C19H36O3. The highest BCUT2D eigenvalue weighted by Gasteiger charge is 2.32. The molecule has 130 valence electrons. The first-order valence-electron chi connectivity index (χ1n) is 9.46. The summed E-state index contributed by atoms with van der Waals surface area (Å²) < 4.78 is 10.0. The van der Waals surface area contributed by atoms with Gasteiger partial charge in [0.1, 0.15) is 0 Å². The lowest BCUT2D eigenvalue weighted by Gasteiger charge is -2.03. The molecule has 1 saturated heterocycles. The van der Waals surface area contributed by atoms with Gasteiger partial charge in [-0.1, -0.05) is 70.6 Å². The van der Waals surface area contributed by atoms with Crippen molar-refractivity contribution in [1.29, 1.82) is 0 Å². The molecule has 1 fully saturated rings. The minimum absolute atomic E-state index is 0.0702. The Morgan fingerprint density at radius 1 is 0.818 bits per heavy atom. The standard InChI is InChI=1S/C19H36O3/c1-17-18(22-17)15-13-11-9-7-5-3-4-6-8-10-12-14-16-19(20)21-2/h17-18H,3-16H2,1-2H3/t17-,18-/m1/s1. The van der Waals surface area contributed by atoms with Gasteiger partial charge in [-0.2, -0.15) is 0 Å². The van der Waals surface area contributed by atoms with Crippen LogP contribution in [0.4, 0.5) is 0 Å². The minimum Gasteiger partial charge on any atom is -0.469 e. The summed E-state index contributed by atoms with van der Waals surface area (Å²) in [6, 6.07) is 0. The van der Waals surface area contributed by atoms with Gasteiger partial charge in [0.05, 0.1) is 19.3 Å². The minimum atomic E-state index is -0.0702. The van der Waals surface area contributed by atoms with Crippen LogP contribution in [0.15, 0.2) is 0 Å². The second-order valence-corrected chi connectivity index (χ2v) is 6.74. The lowest BCUT2D eigenvalue weighted by molar-refractivity contribution is -0.140. The molecule has 0 amide bonds. The van der Waals surface area contributed by atoms with Crippen LogP contribution < -0.4 is 0 Å². The van der Waals surface area contributed by atoms with Gasteiger partial charge in [0.25, 0.3) is 0 Å². The summed E-state index contributed by atoms with van der Waals surface area (Å²) in [7, 11) is 1.46. The van der Waals surface area contributed by atoms with E-state index in [0.29, 0.717) is 18.6 Å². The van der Waals surface area contributed by atoms with E-state index in [1.807, 2.05) is 0 Å². The Morgan fingerprint density at radius 3 is 1.64 bits per heavy atom. The van der Waals surface area contributed by atoms with Crippen molar-refractivity contribution in [2.24, 2.45) is 0 Å². The zero-order valence-corrected chi connectivity index (χ0v) is 14.8. The van der Waals surface area contributed by atoms with E-state index < -0.39 is 0 Å². The summed E-state index contributed by atoms with van der Waals surface area (Å²) >= 11 is 0. The summed E-state index contributed by atoms with van der Waals surface area (Å²) in [6.45, 7) is 2.17. The van der Waals surface area contributed by atoms with Crippen molar-refractivity contribution in [3.05, 3.63) is 0 Å². The van der Waals surface area contributed by atoms with Gasteiger partial charge in [-0.15, -0.1) is 0 Å². The van der Waals surface area contributed by atoms with E-state index in [0.717, 1.165) is 6.42 Å². The number of epoxide rings is 1. The number of hydrogen-bond acceptors (Lipinski definition) is 3. The van der Waals surface area contributed by atoms with E-state index in [2.05, 4.69) is 11.7 Å². The second-order valence-electron chi connectivity index (χ2n) is 6.74. The van der Waals surface area contributed by atoms with Crippen LogP contribution in [0.1, 0.15) is 96.8 Å². The molecule has 1 rings (SSSR count). The third-order valence-electron chi connectivity index (χ3n) is 4.68. The highest BCUT2D eigenvalue weighted by atomic mass is 16.6. The molecule has 0 bridgehead atoms. The van der Waals surface area contributed by atoms with E-state index in [1.54, 1.807) is 0 Å². The van der Waals surface area contributed by atoms with Gasteiger partial charge in [0, 0.05) is 6.42 Å². The first-order chi connectivity index (χ1) is 10.7. The van der Waals surface area contributed by atoms with Crippen LogP contribution in [0.5, 0.6) is 0 Å². The molecule has 3 heteroatoms. The third-order valence-corrected chi connectivity index (χ3v) is 4.68. The monoisotopic (exact) mass is 312 g/mol. The van der Waals surface area contributed by atoms with E-state index >= 15 is 0 Å². The fraction of sp³-hybridized carbons (Fsp3) is 0.947. The molecule has 0 saturated carbocycles. The molecular weight excluding hydrogens is 276 g/mol. The number of rotatable bonds is 15. The molecule has 0 radical (unpaired) electrons. The number of unbranched alkanes of at least 4 members (excludes halogenated alkanes) is 11. The summed E-state index contributed by atoms with van der Waals surface area (Å²) in [5.74, 6) is -0.0702. The van der Waals surface area contributed by atoms with Crippen LogP contribution in [-0.2, 0) is 14.3 Å². The SMILES string of the molecule is COC(=O)CCCCCCCCCCCCCC[C@H]1O[C@@H]1C. The Kier molecular flexibility index (Phi) is 11.4. The van der Waals surface area contributed by atoms with E-state index in [9.17, 15) is 4.79 Å². The second kappa shape index (κ2) is 12.9. The maximum Gasteiger partial charge on any atom is 0.305 e. The molecule has 0 spiro atoms. The normalized spacial score (nSPS) is 20.1. The Balaban J connectivity index is 1.65. The Morgan fingerprint density at radius 2 is 1.23 bits per heavy atom. The molecule has 2 atom stereocenters. The molecule has 22 heavy (non-hydrogen) atoms. The summed E-state index contributed by atoms with van der Waals surface area (Å²) in [5, 5.41) is 0. The summed E-state index contributed by atoms with van der Waals surface area (Å²) in [6.07, 6.45) is 18.8. The molecule has 0 aromatic heterocycles. The van der Waals surface area contributed by atoms with Crippen molar-refractivity contribution in [2.45, 2.75) is 109 Å². The highest BCUT2D eigenvalue weighted by Crippen LogP contribution is 2.26. The number of carbonyl (C=O) groups is 1. The van der Waals surface area contributed by atoms with Crippen LogP contribution in [0.25, 0.3) is 0 Å². The zero-order chi connectivity index (χ0) is 16.0. The lowest BCUT2D eigenvalue weighted by Crippen LogP contribution is -1.99. The fourth-order valence-corrected chi connectivity index (χ4v) is 3.02. The van der Waals surface area contributed by atoms with Gasteiger partial charge in [0.15, 0.2) is 0 Å². The van der Waals surface area contributed by atoms with E-state index in [-0.39, 0.29) is 5.97 Å². The smallest absolute Gasteiger partial charge is 0.305 e. The molecule has 0 aliphatic carbocycles. The largest absolute Gasteiger partial charge is 0.469 e. The molecule has 0 aromatic rings. The molecule has 0 N–H and O–H groups in total. The average Bonchev–Trinajstić information content (AvgIpc) is 3.22. The molecule has 1 aliphatic rings. The first kappa shape index (κ1) is 19.5. The maximum absolute atomic E-state index is 10.9. The fourth-order valence-electron chi connectivity index (χ4n) is 3.02. The van der Waals surface area contributed by atoms with Crippen LogP contribution in [0, 0.1) is 0 Å². The van der Waals surface area contributed by atoms with Crippen LogP contribution in [0.3, 0.4) is 0 Å². The van der Waals surface area contributed by atoms with Crippen molar-refractivity contribution in [3.8, 4) is 0 Å². The van der Waals surface area contributed by atoms with Gasteiger partial charge in [-0.05, 0) is 19.8 Å². The Bertz CT molecular complexity index is 278. The van der Waals surface area contributed by atoms with Gasteiger partial charge in [-0.25, -0.2) is 0 Å². The summed E-state index contributed by atoms with van der Waals surface area (Å²) in [4.78, 5) is 10.9. The molecule has 1 aliphatic heterocycles. The Labute approximate surface area is 137 Å². The molecule has 3 nitrogen and oxygen atoms in total. The molecule has 0 aromatic carbocycles. The molecule has 0 unspecified atom stereocenters. The maximum atomic E-state index is 10.9.